The number of rotatable bonds is 5. The Labute approximate surface area is 117 Å². The van der Waals surface area contributed by atoms with E-state index in [2.05, 4.69) is 6.07 Å². The minimum Gasteiger partial charge on any atom is -0.497 e. The van der Waals surface area contributed by atoms with Gasteiger partial charge in [-0.25, -0.2) is 4.79 Å². The summed E-state index contributed by atoms with van der Waals surface area (Å²) in [5, 5.41) is 9.01. The van der Waals surface area contributed by atoms with Crippen molar-refractivity contribution in [3.63, 3.8) is 0 Å². The van der Waals surface area contributed by atoms with E-state index in [-0.39, 0.29) is 12.3 Å². The molecular weight excluding hydrogens is 258 g/mol. The van der Waals surface area contributed by atoms with Gasteiger partial charge in [0.25, 0.3) is 0 Å². The van der Waals surface area contributed by atoms with E-state index in [1.54, 1.807) is 7.11 Å². The monoisotopic (exact) mass is 273 g/mol. The summed E-state index contributed by atoms with van der Waals surface area (Å²) in [6, 6.07) is 9.47. The van der Waals surface area contributed by atoms with E-state index < -0.39 is 12.1 Å². The highest BCUT2D eigenvalue weighted by Crippen LogP contribution is 2.33. The normalized spacial score (nSPS) is 18.8. The van der Waals surface area contributed by atoms with E-state index >= 15 is 0 Å². The molecule has 2 atom stereocenters. The number of benzene rings is 1. The molecule has 1 heterocycles. The number of ether oxygens (including phenoxy) is 3. The van der Waals surface area contributed by atoms with Gasteiger partial charge in [-0.15, -0.1) is 0 Å². The Kier molecular flexibility index (Phi) is 4.26. The van der Waals surface area contributed by atoms with E-state index in [9.17, 15) is 4.79 Å². The molecule has 2 rings (SSSR count). The quantitative estimate of drug-likeness (QED) is 0.769. The fraction of sp³-hybridized carbons (Fsp3) is 0.333. The average Bonchev–Trinajstić information content (AvgIpc) is 2.85. The van der Waals surface area contributed by atoms with Gasteiger partial charge in [-0.05, 0) is 17.7 Å². The van der Waals surface area contributed by atoms with Gasteiger partial charge in [-0.3, -0.25) is 0 Å². The Balaban J connectivity index is 2.29. The van der Waals surface area contributed by atoms with Gasteiger partial charge >= 0.3 is 5.97 Å². The molecule has 0 saturated heterocycles. The predicted molar refractivity (Wildman–Crippen MR) is 70.9 cm³/mol. The average molecular weight is 273 g/mol. The van der Waals surface area contributed by atoms with Crippen LogP contribution in [0.2, 0.25) is 0 Å². The standard InChI is InChI=1S/C15H15NO4/c1-18-11-5-3-10(4-6-11)12(7-8-16)15-13(19-2)9-14(17)20-15/h3-6,9,12,15H,7H2,1-2H3. The van der Waals surface area contributed by atoms with Gasteiger partial charge < -0.3 is 14.2 Å². The lowest BCUT2D eigenvalue weighted by molar-refractivity contribution is -0.140. The van der Waals surface area contributed by atoms with Gasteiger partial charge in [0, 0.05) is 12.3 Å². The maximum Gasteiger partial charge on any atom is 0.335 e. The molecule has 0 fully saturated rings. The zero-order valence-electron chi connectivity index (χ0n) is 11.3. The SMILES string of the molecule is COC1=CC(=O)OC1C(CC#N)c1ccc(OC)cc1. The van der Waals surface area contributed by atoms with Crippen molar-refractivity contribution in [1.82, 2.24) is 0 Å². The van der Waals surface area contributed by atoms with Crippen LogP contribution in [0, 0.1) is 11.3 Å². The molecule has 1 aliphatic heterocycles. The van der Waals surface area contributed by atoms with E-state index in [1.807, 2.05) is 24.3 Å². The summed E-state index contributed by atoms with van der Waals surface area (Å²) in [6.45, 7) is 0. The lowest BCUT2D eigenvalue weighted by atomic mass is 9.90. The molecule has 0 aliphatic carbocycles. The summed E-state index contributed by atoms with van der Waals surface area (Å²) in [4.78, 5) is 11.4. The topological polar surface area (TPSA) is 68.5 Å². The smallest absolute Gasteiger partial charge is 0.335 e. The number of hydrogen-bond donors (Lipinski definition) is 0. The van der Waals surface area contributed by atoms with E-state index in [0.717, 1.165) is 11.3 Å². The number of esters is 1. The molecule has 0 saturated carbocycles. The van der Waals surface area contributed by atoms with Crippen molar-refractivity contribution in [2.24, 2.45) is 0 Å². The second-order valence-electron chi connectivity index (χ2n) is 4.35. The van der Waals surface area contributed by atoms with Crippen LogP contribution in [0.1, 0.15) is 17.9 Å². The lowest BCUT2D eigenvalue weighted by Crippen LogP contribution is -2.22. The summed E-state index contributed by atoms with van der Waals surface area (Å²) in [6.07, 6.45) is 0.990. The minimum atomic E-state index is -0.555. The first-order valence-corrected chi connectivity index (χ1v) is 6.16. The maximum atomic E-state index is 11.4. The Bertz CT molecular complexity index is 556. The second-order valence-corrected chi connectivity index (χ2v) is 4.35. The molecule has 1 aliphatic rings. The third-order valence-corrected chi connectivity index (χ3v) is 3.24. The van der Waals surface area contributed by atoms with Crippen molar-refractivity contribution in [2.75, 3.05) is 14.2 Å². The zero-order chi connectivity index (χ0) is 14.5. The fourth-order valence-corrected chi connectivity index (χ4v) is 2.22. The van der Waals surface area contributed by atoms with Gasteiger partial charge in [-0.1, -0.05) is 12.1 Å². The molecule has 5 nitrogen and oxygen atoms in total. The van der Waals surface area contributed by atoms with Crippen LogP contribution in [0.25, 0.3) is 0 Å². The first kappa shape index (κ1) is 13.9. The molecule has 0 bridgehead atoms. The van der Waals surface area contributed by atoms with Crippen LogP contribution in [0.3, 0.4) is 0 Å². The molecule has 1 aromatic rings. The number of nitrogens with zero attached hydrogens (tertiary/aromatic N) is 1. The molecule has 0 N–H and O–H groups in total. The molecule has 104 valence electrons. The van der Waals surface area contributed by atoms with Crippen molar-refractivity contribution in [3.8, 4) is 11.8 Å². The van der Waals surface area contributed by atoms with Crippen molar-refractivity contribution >= 4 is 5.97 Å². The number of carbonyl (C=O) groups excluding carboxylic acids is 1. The third-order valence-electron chi connectivity index (χ3n) is 3.24. The van der Waals surface area contributed by atoms with Crippen LogP contribution in [-0.4, -0.2) is 26.3 Å². The minimum absolute atomic E-state index is 0.227. The Morgan fingerprint density at radius 3 is 2.55 bits per heavy atom. The van der Waals surface area contributed by atoms with Crippen molar-refractivity contribution in [1.29, 1.82) is 5.26 Å². The Morgan fingerprint density at radius 1 is 1.30 bits per heavy atom. The van der Waals surface area contributed by atoms with Crippen molar-refractivity contribution in [2.45, 2.75) is 18.4 Å². The molecule has 0 amide bonds. The molecule has 0 aromatic heterocycles. The van der Waals surface area contributed by atoms with E-state index in [1.165, 1.54) is 13.2 Å². The number of methoxy groups -OCH3 is 2. The number of nitriles is 1. The molecule has 1 aromatic carbocycles. The van der Waals surface area contributed by atoms with Crippen LogP contribution >= 0.6 is 0 Å². The lowest BCUT2D eigenvalue weighted by Gasteiger charge is -2.22. The second kappa shape index (κ2) is 6.11. The van der Waals surface area contributed by atoms with Gasteiger partial charge in [0.1, 0.15) is 11.5 Å². The highest BCUT2D eigenvalue weighted by atomic mass is 16.6. The Morgan fingerprint density at radius 2 is 2.00 bits per heavy atom. The highest BCUT2D eigenvalue weighted by molar-refractivity contribution is 5.85. The van der Waals surface area contributed by atoms with E-state index in [4.69, 9.17) is 19.5 Å². The summed E-state index contributed by atoms with van der Waals surface area (Å²) in [5.74, 6) is 0.480. The number of hydrogen-bond acceptors (Lipinski definition) is 5. The predicted octanol–water partition coefficient (Wildman–Crippen LogP) is 2.15. The van der Waals surface area contributed by atoms with Gasteiger partial charge in [0.2, 0.25) is 0 Å². The van der Waals surface area contributed by atoms with Crippen LogP contribution in [-0.2, 0) is 14.3 Å². The Hall–Kier alpha value is -2.48. The molecular formula is C15H15NO4. The largest absolute Gasteiger partial charge is 0.497 e. The van der Waals surface area contributed by atoms with Gasteiger partial charge in [0.15, 0.2) is 6.10 Å². The van der Waals surface area contributed by atoms with Gasteiger partial charge in [0.05, 0.1) is 26.4 Å². The summed E-state index contributed by atoms with van der Waals surface area (Å²) < 4.78 is 15.5. The first-order chi connectivity index (χ1) is 9.69. The van der Waals surface area contributed by atoms with Crippen molar-refractivity contribution < 1.29 is 19.0 Å². The number of cyclic esters (lactones) is 1. The molecule has 0 radical (unpaired) electrons. The van der Waals surface area contributed by atoms with E-state index in [0.29, 0.717) is 5.76 Å². The van der Waals surface area contributed by atoms with Crippen molar-refractivity contribution in [3.05, 3.63) is 41.7 Å². The first-order valence-electron chi connectivity index (χ1n) is 6.16. The summed E-state index contributed by atoms with van der Waals surface area (Å²) >= 11 is 0. The highest BCUT2D eigenvalue weighted by Gasteiger charge is 2.35. The molecule has 2 unspecified atom stereocenters. The van der Waals surface area contributed by atoms with Crippen LogP contribution in [0.5, 0.6) is 5.75 Å². The summed E-state index contributed by atoms with van der Waals surface area (Å²) in [7, 11) is 3.07. The summed E-state index contributed by atoms with van der Waals surface area (Å²) in [5.41, 5.74) is 0.898. The molecule has 20 heavy (non-hydrogen) atoms. The fourth-order valence-electron chi connectivity index (χ4n) is 2.22. The molecule has 0 spiro atoms. The van der Waals surface area contributed by atoms with Crippen LogP contribution in [0.4, 0.5) is 0 Å². The maximum absolute atomic E-state index is 11.4. The number of carbonyl (C=O) groups is 1. The van der Waals surface area contributed by atoms with Crippen LogP contribution < -0.4 is 4.74 Å². The van der Waals surface area contributed by atoms with Crippen LogP contribution in [0.15, 0.2) is 36.1 Å². The zero-order valence-corrected chi connectivity index (χ0v) is 11.3. The molecule has 5 heteroatoms. The third kappa shape index (κ3) is 2.75. The van der Waals surface area contributed by atoms with Gasteiger partial charge in [-0.2, -0.15) is 5.26 Å².